The smallest absolute Gasteiger partial charge is 0.338 e. The number of rotatable bonds is 9. The van der Waals surface area contributed by atoms with Gasteiger partial charge < -0.3 is 24.6 Å². The van der Waals surface area contributed by atoms with Crippen molar-refractivity contribution in [1.29, 1.82) is 0 Å². The van der Waals surface area contributed by atoms with Gasteiger partial charge in [-0.1, -0.05) is 31.7 Å². The molecule has 6 rings (SSSR count). The van der Waals surface area contributed by atoms with Crippen LogP contribution in [-0.2, 0) is 24.2 Å². The fraction of sp³-hybridized carbons (Fsp3) is 0.364. The summed E-state index contributed by atoms with van der Waals surface area (Å²) in [4.78, 5) is 31.2. The standard InChI is InChI=1S/C33H36N6O4/c1-20-27(18-34)38-31(42-20)25-16-21(11-13-24(25)33(40)41-2)17-29-28(19-36-23-9-5-3-4-6-10-23)39-32(43-29)26-14-12-22-8-7-15-35-30(22)37-26/h7-8,11-16,23,36H,3-6,9-10,17-19,34H2,1-2H3. The number of ether oxygens (including phenoxy) is 1. The number of carbonyl (C=O) groups excluding carboxylic acids is 1. The number of nitrogens with one attached hydrogen (secondary N) is 1. The number of hydrogen-bond donors (Lipinski definition) is 2. The lowest BCUT2D eigenvalue weighted by molar-refractivity contribution is 0.0601. The third kappa shape index (κ3) is 6.35. The van der Waals surface area contributed by atoms with Crippen LogP contribution in [0.5, 0.6) is 0 Å². The zero-order chi connectivity index (χ0) is 29.8. The summed E-state index contributed by atoms with van der Waals surface area (Å²) in [6.07, 6.45) is 9.56. The molecule has 0 atom stereocenters. The molecule has 0 spiro atoms. The number of pyridine rings is 2. The van der Waals surface area contributed by atoms with Crippen molar-refractivity contribution in [3.63, 3.8) is 0 Å². The molecule has 1 fully saturated rings. The Labute approximate surface area is 250 Å². The molecule has 0 radical (unpaired) electrons. The van der Waals surface area contributed by atoms with Gasteiger partial charge in [-0.3, -0.25) is 0 Å². The number of carbonyl (C=O) groups is 1. The number of hydrogen-bond acceptors (Lipinski definition) is 10. The summed E-state index contributed by atoms with van der Waals surface area (Å²) >= 11 is 0. The monoisotopic (exact) mass is 580 g/mol. The minimum atomic E-state index is -0.474. The first-order chi connectivity index (χ1) is 21.0. The fourth-order valence-electron chi connectivity index (χ4n) is 5.65. The van der Waals surface area contributed by atoms with Crippen LogP contribution in [0.2, 0.25) is 0 Å². The van der Waals surface area contributed by atoms with Gasteiger partial charge in [-0.2, -0.15) is 0 Å². The average molecular weight is 581 g/mol. The second kappa shape index (κ2) is 12.8. The van der Waals surface area contributed by atoms with Gasteiger partial charge in [0.25, 0.3) is 0 Å². The van der Waals surface area contributed by atoms with Crippen molar-refractivity contribution >= 4 is 17.0 Å². The van der Waals surface area contributed by atoms with E-state index in [4.69, 9.17) is 29.3 Å². The Morgan fingerprint density at radius 3 is 2.58 bits per heavy atom. The van der Waals surface area contributed by atoms with Crippen molar-refractivity contribution < 1.29 is 18.4 Å². The van der Waals surface area contributed by atoms with Crippen LogP contribution in [0.4, 0.5) is 0 Å². The number of benzene rings is 1. The molecule has 1 saturated carbocycles. The van der Waals surface area contributed by atoms with Crippen LogP contribution in [0.3, 0.4) is 0 Å². The second-order valence-corrected chi connectivity index (χ2v) is 11.0. The number of aromatic nitrogens is 4. The van der Waals surface area contributed by atoms with Crippen molar-refractivity contribution in [2.24, 2.45) is 5.73 Å². The van der Waals surface area contributed by atoms with Gasteiger partial charge in [0.2, 0.25) is 11.8 Å². The lowest BCUT2D eigenvalue weighted by Gasteiger charge is -2.15. The molecule has 4 heterocycles. The number of nitrogens with zero attached hydrogens (tertiary/aromatic N) is 4. The van der Waals surface area contributed by atoms with Gasteiger partial charge in [0.15, 0.2) is 5.65 Å². The minimum absolute atomic E-state index is 0.235. The van der Waals surface area contributed by atoms with E-state index in [1.54, 1.807) is 19.2 Å². The van der Waals surface area contributed by atoms with E-state index in [-0.39, 0.29) is 6.54 Å². The van der Waals surface area contributed by atoms with E-state index in [9.17, 15) is 4.79 Å². The second-order valence-electron chi connectivity index (χ2n) is 11.0. The van der Waals surface area contributed by atoms with Crippen molar-refractivity contribution in [3.8, 4) is 23.0 Å². The molecule has 0 amide bonds. The van der Waals surface area contributed by atoms with Crippen LogP contribution in [-0.4, -0.2) is 39.1 Å². The van der Waals surface area contributed by atoms with Crippen LogP contribution >= 0.6 is 0 Å². The van der Waals surface area contributed by atoms with E-state index in [0.29, 0.717) is 64.7 Å². The van der Waals surface area contributed by atoms with Crippen molar-refractivity contribution in [1.82, 2.24) is 25.3 Å². The van der Waals surface area contributed by atoms with Crippen LogP contribution in [0.1, 0.15) is 77.4 Å². The lowest BCUT2D eigenvalue weighted by atomic mass is 10.0. The van der Waals surface area contributed by atoms with Gasteiger partial charge in [-0.05, 0) is 61.7 Å². The van der Waals surface area contributed by atoms with Gasteiger partial charge in [-0.15, -0.1) is 0 Å². The maximum absolute atomic E-state index is 12.6. The van der Waals surface area contributed by atoms with E-state index in [1.807, 2.05) is 36.4 Å². The quantitative estimate of drug-likeness (QED) is 0.160. The zero-order valence-electron chi connectivity index (χ0n) is 24.6. The minimum Gasteiger partial charge on any atom is -0.465 e. The van der Waals surface area contributed by atoms with Crippen LogP contribution in [0, 0.1) is 6.92 Å². The highest BCUT2D eigenvalue weighted by atomic mass is 16.5. The highest BCUT2D eigenvalue weighted by Crippen LogP contribution is 2.30. The van der Waals surface area contributed by atoms with Gasteiger partial charge in [0, 0.05) is 37.1 Å². The van der Waals surface area contributed by atoms with Crippen LogP contribution in [0.25, 0.3) is 34.1 Å². The summed E-state index contributed by atoms with van der Waals surface area (Å²) in [6, 6.07) is 13.7. The first kappa shape index (κ1) is 28.7. The number of fused-ring (bicyclic) bond motifs is 1. The van der Waals surface area contributed by atoms with Gasteiger partial charge in [0.05, 0.1) is 29.6 Å². The van der Waals surface area contributed by atoms with Gasteiger partial charge in [0.1, 0.15) is 17.2 Å². The molecule has 10 nitrogen and oxygen atoms in total. The maximum atomic E-state index is 12.6. The predicted octanol–water partition coefficient (Wildman–Crippen LogP) is 5.90. The fourth-order valence-corrected chi connectivity index (χ4v) is 5.65. The summed E-state index contributed by atoms with van der Waals surface area (Å²) in [5.41, 5.74) is 10.4. The third-order valence-electron chi connectivity index (χ3n) is 8.05. The Kier molecular flexibility index (Phi) is 8.57. The van der Waals surface area contributed by atoms with Crippen molar-refractivity contribution in [2.75, 3.05) is 7.11 Å². The molecule has 0 saturated heterocycles. The molecule has 222 valence electrons. The molecule has 0 unspecified atom stereocenters. The summed E-state index contributed by atoms with van der Waals surface area (Å²) in [5.74, 6) is 1.63. The van der Waals surface area contributed by atoms with E-state index < -0.39 is 5.97 Å². The summed E-state index contributed by atoms with van der Waals surface area (Å²) in [6.45, 7) is 2.63. The molecule has 5 aromatic rings. The highest BCUT2D eigenvalue weighted by molar-refractivity contribution is 5.96. The average Bonchev–Trinajstić information content (AvgIpc) is 3.51. The molecule has 10 heteroatoms. The summed E-state index contributed by atoms with van der Waals surface area (Å²) < 4.78 is 17.4. The summed E-state index contributed by atoms with van der Waals surface area (Å²) in [5, 5.41) is 4.68. The lowest BCUT2D eigenvalue weighted by Crippen LogP contribution is -2.28. The maximum Gasteiger partial charge on any atom is 0.338 e. The topological polar surface area (TPSA) is 142 Å². The molecule has 43 heavy (non-hydrogen) atoms. The molecule has 0 aliphatic heterocycles. The third-order valence-corrected chi connectivity index (χ3v) is 8.05. The number of methoxy groups -OCH3 is 1. The van der Waals surface area contributed by atoms with Gasteiger partial charge in [-0.25, -0.2) is 24.7 Å². The van der Waals surface area contributed by atoms with E-state index in [2.05, 4.69) is 15.3 Å². The van der Waals surface area contributed by atoms with E-state index >= 15 is 0 Å². The molecule has 0 bridgehead atoms. The van der Waals surface area contributed by atoms with Crippen LogP contribution < -0.4 is 11.1 Å². The predicted molar refractivity (Wildman–Crippen MR) is 162 cm³/mol. The molecular formula is C33H36N6O4. The number of nitrogens with two attached hydrogens (primary N) is 1. The Hall–Kier alpha value is -4.41. The van der Waals surface area contributed by atoms with Gasteiger partial charge >= 0.3 is 5.97 Å². The van der Waals surface area contributed by atoms with E-state index in [1.165, 1.54) is 32.8 Å². The SMILES string of the molecule is COC(=O)c1ccc(Cc2oc(-c3ccc4cccnc4n3)nc2CNC2CCCCCC2)cc1-c1nc(CN)c(C)o1. The van der Waals surface area contributed by atoms with Crippen molar-refractivity contribution in [3.05, 3.63) is 82.7 Å². The first-order valence-corrected chi connectivity index (χ1v) is 14.8. The normalized spacial score (nSPS) is 14.2. The number of oxazole rings is 2. The molecular weight excluding hydrogens is 544 g/mol. The molecule has 1 aliphatic carbocycles. The largest absolute Gasteiger partial charge is 0.465 e. The Morgan fingerprint density at radius 1 is 1.00 bits per heavy atom. The number of aryl methyl sites for hydroxylation is 1. The van der Waals surface area contributed by atoms with Crippen molar-refractivity contribution in [2.45, 2.75) is 71.0 Å². The van der Waals surface area contributed by atoms with E-state index in [0.717, 1.165) is 35.2 Å². The molecule has 3 N–H and O–H groups in total. The molecule has 1 aromatic carbocycles. The first-order valence-electron chi connectivity index (χ1n) is 14.8. The Bertz CT molecular complexity index is 1730. The molecule has 4 aromatic heterocycles. The summed E-state index contributed by atoms with van der Waals surface area (Å²) in [7, 11) is 1.35. The number of esters is 1. The van der Waals surface area contributed by atoms with Crippen LogP contribution in [0.15, 0.2) is 57.5 Å². The Balaban J connectivity index is 1.36. The Morgan fingerprint density at radius 2 is 1.81 bits per heavy atom. The zero-order valence-corrected chi connectivity index (χ0v) is 24.6. The highest BCUT2D eigenvalue weighted by Gasteiger charge is 2.22. The molecule has 1 aliphatic rings.